The first-order chi connectivity index (χ1) is 14.0. The summed E-state index contributed by atoms with van der Waals surface area (Å²) in [7, 11) is 4.06. The van der Waals surface area contributed by atoms with E-state index in [4.69, 9.17) is 4.98 Å². The topological polar surface area (TPSA) is 36.4 Å². The molecule has 2 aromatic carbocycles. The number of likely N-dealkylation sites (N-methyl/N-ethyl adjacent to an activating group) is 1. The molecule has 0 atom stereocenters. The van der Waals surface area contributed by atoms with Crippen molar-refractivity contribution < 1.29 is 4.79 Å². The maximum Gasteiger partial charge on any atom is 0.229 e. The first-order valence-corrected chi connectivity index (χ1v) is 12.6. The van der Waals surface area contributed by atoms with Crippen molar-refractivity contribution in [1.82, 2.24) is 9.88 Å². The van der Waals surface area contributed by atoms with Crippen LogP contribution in [0.5, 0.6) is 0 Å². The third kappa shape index (κ3) is 6.62. The fraction of sp³-hybridized carbons (Fsp3) is 0.364. The van der Waals surface area contributed by atoms with Crippen LogP contribution in [0.2, 0.25) is 0 Å². The number of benzene rings is 2. The van der Waals surface area contributed by atoms with E-state index in [9.17, 15) is 4.79 Å². The quantitative estimate of drug-likeness (QED) is 0.359. The summed E-state index contributed by atoms with van der Waals surface area (Å²) in [6.45, 7) is 3.54. The van der Waals surface area contributed by atoms with Gasteiger partial charge in [-0.15, -0.1) is 35.9 Å². The molecule has 0 aliphatic carbocycles. The normalized spacial score (nSPS) is 11.0. The van der Waals surface area contributed by atoms with E-state index < -0.39 is 0 Å². The Bertz CT molecular complexity index is 960. The zero-order valence-corrected chi connectivity index (χ0v) is 21.0. The molecule has 1 amide bonds. The molecule has 162 valence electrons. The van der Waals surface area contributed by atoms with Gasteiger partial charge in [0.05, 0.1) is 10.2 Å². The van der Waals surface area contributed by atoms with Crippen LogP contribution in [0.25, 0.3) is 10.2 Å². The van der Waals surface area contributed by atoms with Gasteiger partial charge >= 0.3 is 0 Å². The number of anilines is 1. The fourth-order valence-corrected chi connectivity index (χ4v) is 5.35. The molecule has 30 heavy (non-hydrogen) atoms. The van der Waals surface area contributed by atoms with Gasteiger partial charge in [0.15, 0.2) is 5.13 Å². The molecular weight excluding hydrogens is 454 g/mol. The Kier molecular flexibility index (Phi) is 9.97. The number of nitrogens with zero attached hydrogens (tertiary/aromatic N) is 3. The number of thiazole rings is 1. The van der Waals surface area contributed by atoms with Gasteiger partial charge in [0.25, 0.3) is 0 Å². The number of aryl methyl sites for hydroxylation is 1. The Balaban J connectivity index is 0.00000320. The van der Waals surface area contributed by atoms with Crippen molar-refractivity contribution >= 4 is 68.5 Å². The van der Waals surface area contributed by atoms with Gasteiger partial charge in [-0.1, -0.05) is 35.1 Å². The maximum atomic E-state index is 13.1. The Labute approximate surface area is 197 Å². The molecule has 0 fully saturated rings. The summed E-state index contributed by atoms with van der Waals surface area (Å²) in [5, 5.41) is 0.800. The van der Waals surface area contributed by atoms with Crippen LogP contribution >= 0.6 is 47.3 Å². The summed E-state index contributed by atoms with van der Waals surface area (Å²) in [6, 6.07) is 14.7. The Morgan fingerprint density at radius 3 is 2.50 bits per heavy atom. The average Bonchev–Trinajstić information content (AvgIpc) is 3.13. The first-order valence-electron chi connectivity index (χ1n) is 9.56. The molecule has 0 saturated heterocycles. The van der Waals surface area contributed by atoms with E-state index in [1.165, 1.54) is 10.5 Å². The zero-order valence-electron chi connectivity index (χ0n) is 17.8. The van der Waals surface area contributed by atoms with E-state index in [1.54, 1.807) is 34.9 Å². The summed E-state index contributed by atoms with van der Waals surface area (Å²) in [5.74, 6) is 0.901. The molecule has 0 saturated carbocycles. The Hall–Kier alpha value is -1.25. The summed E-state index contributed by atoms with van der Waals surface area (Å²) in [6.07, 6.45) is 2.56. The maximum absolute atomic E-state index is 13.1. The standard InChI is InChI=1S/C22H27N3OS3.ClH/c1-16-8-10-17(11-9-16)28-15-12-20(26)25(14-13-24(2)3)22-23-21-18(27-4)6-5-7-19(21)29-22;/h5-11H,12-15H2,1-4H3;1H. The molecular formula is C22H28ClN3OS3. The fourth-order valence-electron chi connectivity index (χ4n) is 2.84. The van der Waals surface area contributed by atoms with Crippen LogP contribution in [0.1, 0.15) is 12.0 Å². The highest BCUT2D eigenvalue weighted by Gasteiger charge is 2.20. The molecule has 3 rings (SSSR count). The van der Waals surface area contributed by atoms with Crippen LogP contribution in [0.4, 0.5) is 5.13 Å². The highest BCUT2D eigenvalue weighted by Crippen LogP contribution is 2.34. The van der Waals surface area contributed by atoms with Gasteiger partial charge in [-0.2, -0.15) is 0 Å². The molecule has 0 unspecified atom stereocenters. The number of amides is 1. The van der Waals surface area contributed by atoms with Crippen molar-refractivity contribution in [1.29, 1.82) is 0 Å². The molecule has 0 radical (unpaired) electrons. The molecule has 1 aromatic heterocycles. The second-order valence-corrected chi connectivity index (χ2v) is 10.1. The number of fused-ring (bicyclic) bond motifs is 1. The van der Waals surface area contributed by atoms with Gasteiger partial charge in [0, 0.05) is 35.1 Å². The van der Waals surface area contributed by atoms with Crippen LogP contribution in [0, 0.1) is 6.92 Å². The lowest BCUT2D eigenvalue weighted by Crippen LogP contribution is -2.36. The molecule has 0 aliphatic heterocycles. The van der Waals surface area contributed by atoms with Crippen LogP contribution in [0.3, 0.4) is 0 Å². The number of halogens is 1. The second kappa shape index (κ2) is 12.0. The van der Waals surface area contributed by atoms with E-state index in [-0.39, 0.29) is 18.3 Å². The van der Waals surface area contributed by atoms with Crippen molar-refractivity contribution in [3.8, 4) is 0 Å². The van der Waals surface area contributed by atoms with E-state index >= 15 is 0 Å². The molecule has 0 aliphatic rings. The van der Waals surface area contributed by atoms with E-state index in [0.29, 0.717) is 13.0 Å². The minimum atomic E-state index is 0. The summed E-state index contributed by atoms with van der Waals surface area (Å²) in [5.41, 5.74) is 2.25. The van der Waals surface area contributed by atoms with E-state index in [1.807, 2.05) is 19.0 Å². The molecule has 3 aromatic rings. The molecule has 0 spiro atoms. The van der Waals surface area contributed by atoms with Crippen molar-refractivity contribution in [2.24, 2.45) is 0 Å². The van der Waals surface area contributed by atoms with E-state index in [2.05, 4.69) is 60.5 Å². The first kappa shape index (κ1) is 25.0. The SMILES string of the molecule is CSc1cccc2sc(N(CCN(C)C)C(=O)CCSc3ccc(C)cc3)nc12.Cl. The number of carbonyl (C=O) groups is 1. The van der Waals surface area contributed by atoms with Gasteiger partial charge in [0.1, 0.15) is 0 Å². The van der Waals surface area contributed by atoms with Gasteiger partial charge in [0.2, 0.25) is 5.91 Å². The molecule has 4 nitrogen and oxygen atoms in total. The van der Waals surface area contributed by atoms with Gasteiger partial charge < -0.3 is 4.90 Å². The van der Waals surface area contributed by atoms with Crippen LogP contribution < -0.4 is 4.90 Å². The largest absolute Gasteiger partial charge is 0.308 e. The molecule has 8 heteroatoms. The number of hydrogen-bond donors (Lipinski definition) is 0. The number of aromatic nitrogens is 1. The molecule has 0 bridgehead atoms. The summed E-state index contributed by atoms with van der Waals surface area (Å²) < 4.78 is 1.13. The third-order valence-electron chi connectivity index (χ3n) is 4.50. The lowest BCUT2D eigenvalue weighted by atomic mass is 10.2. The van der Waals surface area contributed by atoms with Crippen molar-refractivity contribution in [2.75, 3.05) is 44.1 Å². The van der Waals surface area contributed by atoms with Gasteiger partial charge in [-0.25, -0.2) is 4.98 Å². The Morgan fingerprint density at radius 1 is 1.10 bits per heavy atom. The third-order valence-corrected chi connectivity index (χ3v) is 7.33. The predicted molar refractivity (Wildman–Crippen MR) is 136 cm³/mol. The van der Waals surface area contributed by atoms with Crippen LogP contribution in [-0.2, 0) is 4.79 Å². The Morgan fingerprint density at radius 2 is 1.83 bits per heavy atom. The number of para-hydroxylation sites is 1. The van der Waals surface area contributed by atoms with Crippen molar-refractivity contribution in [3.05, 3.63) is 48.0 Å². The van der Waals surface area contributed by atoms with Crippen LogP contribution in [-0.4, -0.2) is 55.0 Å². The monoisotopic (exact) mass is 481 g/mol. The summed E-state index contributed by atoms with van der Waals surface area (Å²) >= 11 is 5.02. The number of carbonyl (C=O) groups excluding carboxylic acids is 1. The number of rotatable bonds is 9. The van der Waals surface area contributed by atoms with Crippen molar-refractivity contribution in [2.45, 2.75) is 23.1 Å². The van der Waals surface area contributed by atoms with Gasteiger partial charge in [-0.05, 0) is 51.5 Å². The lowest BCUT2D eigenvalue weighted by Gasteiger charge is -2.22. The average molecular weight is 482 g/mol. The minimum Gasteiger partial charge on any atom is -0.308 e. The predicted octanol–water partition coefficient (Wildman–Crippen LogP) is 5.83. The number of thioether (sulfide) groups is 2. The lowest BCUT2D eigenvalue weighted by molar-refractivity contribution is -0.118. The molecule has 1 heterocycles. The summed E-state index contributed by atoms with van der Waals surface area (Å²) in [4.78, 5) is 24.2. The highest BCUT2D eigenvalue weighted by atomic mass is 35.5. The molecule has 0 N–H and O–H groups in total. The second-order valence-electron chi connectivity index (χ2n) is 7.06. The smallest absolute Gasteiger partial charge is 0.229 e. The highest BCUT2D eigenvalue weighted by molar-refractivity contribution is 7.99. The minimum absolute atomic E-state index is 0. The van der Waals surface area contributed by atoms with Crippen molar-refractivity contribution in [3.63, 3.8) is 0 Å². The van der Waals surface area contributed by atoms with Crippen LogP contribution in [0.15, 0.2) is 52.3 Å². The zero-order chi connectivity index (χ0) is 20.8. The van der Waals surface area contributed by atoms with E-state index in [0.717, 1.165) is 32.5 Å². The number of hydrogen-bond acceptors (Lipinski definition) is 6. The van der Waals surface area contributed by atoms with Gasteiger partial charge in [-0.3, -0.25) is 9.69 Å².